The van der Waals surface area contributed by atoms with Gasteiger partial charge in [-0.2, -0.15) is 0 Å². The van der Waals surface area contributed by atoms with Crippen LogP contribution in [0.4, 0.5) is 0 Å². The van der Waals surface area contributed by atoms with E-state index < -0.39 is 0 Å². The lowest BCUT2D eigenvalue weighted by molar-refractivity contribution is -0.121. The van der Waals surface area contributed by atoms with E-state index in [0.717, 1.165) is 18.4 Å². The van der Waals surface area contributed by atoms with Crippen LogP contribution in [0.3, 0.4) is 0 Å². The number of rotatable bonds is 10. The lowest BCUT2D eigenvalue weighted by Crippen LogP contribution is -2.36. The fourth-order valence-corrected chi connectivity index (χ4v) is 5.06. The Labute approximate surface area is 209 Å². The molecule has 2 aromatic carbocycles. The molecule has 35 heavy (non-hydrogen) atoms. The highest BCUT2D eigenvalue weighted by molar-refractivity contribution is 8.00. The maximum Gasteiger partial charge on any atom is 0.262 e. The molecule has 0 aliphatic carbocycles. The summed E-state index contributed by atoms with van der Waals surface area (Å²) in [6, 6.07) is 21.4. The van der Waals surface area contributed by atoms with E-state index in [0.29, 0.717) is 29.1 Å². The third-order valence-electron chi connectivity index (χ3n) is 5.80. The van der Waals surface area contributed by atoms with E-state index in [4.69, 9.17) is 4.98 Å². The first-order chi connectivity index (χ1) is 17.0. The summed E-state index contributed by atoms with van der Waals surface area (Å²) in [4.78, 5) is 35.5. The lowest BCUT2D eigenvalue weighted by atomic mass is 10.1. The molecule has 180 valence electrons. The predicted molar refractivity (Wildman–Crippen MR) is 141 cm³/mol. The molecule has 1 amide bonds. The molecular weight excluding hydrogens is 456 g/mol. The number of para-hydroxylation sites is 1. The lowest BCUT2D eigenvalue weighted by Gasteiger charge is -2.21. The van der Waals surface area contributed by atoms with E-state index in [1.54, 1.807) is 17.0 Å². The molecule has 1 unspecified atom stereocenters. The number of pyridine rings is 1. The summed E-state index contributed by atoms with van der Waals surface area (Å²) in [5, 5.41) is 3.81. The first-order valence-electron chi connectivity index (χ1n) is 11.9. The number of benzene rings is 2. The van der Waals surface area contributed by atoms with Gasteiger partial charge in [-0.3, -0.25) is 19.1 Å². The zero-order valence-corrected chi connectivity index (χ0v) is 20.9. The molecule has 0 fully saturated rings. The second-order valence-corrected chi connectivity index (χ2v) is 9.93. The Kier molecular flexibility index (Phi) is 8.32. The molecule has 0 saturated heterocycles. The molecule has 0 spiro atoms. The van der Waals surface area contributed by atoms with Crippen LogP contribution in [0.25, 0.3) is 10.9 Å². The van der Waals surface area contributed by atoms with E-state index in [1.807, 2.05) is 68.4 Å². The van der Waals surface area contributed by atoms with Crippen LogP contribution < -0.4 is 10.9 Å². The van der Waals surface area contributed by atoms with Gasteiger partial charge in [0.25, 0.3) is 5.56 Å². The Bertz CT molecular complexity index is 1320. The minimum atomic E-state index is -0.389. The number of carbonyl (C=O) groups excluding carboxylic acids is 1. The van der Waals surface area contributed by atoms with Crippen LogP contribution in [0.15, 0.2) is 89.1 Å². The summed E-state index contributed by atoms with van der Waals surface area (Å²) in [7, 11) is 0. The zero-order valence-electron chi connectivity index (χ0n) is 20.1. The number of amides is 1. The number of hydrogen-bond acceptors (Lipinski definition) is 5. The first-order valence-corrected chi connectivity index (χ1v) is 12.8. The van der Waals surface area contributed by atoms with Crippen LogP contribution in [0, 0.1) is 5.92 Å². The van der Waals surface area contributed by atoms with Gasteiger partial charge in [0.05, 0.1) is 16.2 Å². The van der Waals surface area contributed by atoms with Crippen LogP contribution in [-0.2, 0) is 24.3 Å². The Hall–Kier alpha value is -3.45. The largest absolute Gasteiger partial charge is 0.351 e. The minimum Gasteiger partial charge on any atom is -0.351 e. The molecule has 0 bridgehead atoms. The quantitative estimate of drug-likeness (QED) is 0.256. The summed E-state index contributed by atoms with van der Waals surface area (Å²) in [6.45, 7) is 4.97. The molecule has 0 aliphatic rings. The molecule has 7 heteroatoms. The van der Waals surface area contributed by atoms with Crippen LogP contribution >= 0.6 is 11.8 Å². The van der Waals surface area contributed by atoms with E-state index in [9.17, 15) is 9.59 Å². The Balaban J connectivity index is 1.57. The van der Waals surface area contributed by atoms with Crippen molar-refractivity contribution >= 4 is 28.6 Å². The number of aromatic nitrogens is 3. The van der Waals surface area contributed by atoms with E-state index in [1.165, 1.54) is 17.3 Å². The summed E-state index contributed by atoms with van der Waals surface area (Å²) < 4.78 is 1.74. The second-order valence-electron chi connectivity index (χ2n) is 8.82. The van der Waals surface area contributed by atoms with Crippen molar-refractivity contribution in [1.29, 1.82) is 0 Å². The molecule has 6 nitrogen and oxygen atoms in total. The van der Waals surface area contributed by atoms with Gasteiger partial charge in [0.1, 0.15) is 0 Å². The van der Waals surface area contributed by atoms with Crippen molar-refractivity contribution in [3.8, 4) is 0 Å². The van der Waals surface area contributed by atoms with Gasteiger partial charge in [-0.1, -0.05) is 74.1 Å². The summed E-state index contributed by atoms with van der Waals surface area (Å²) >= 11 is 1.37. The molecule has 4 aromatic rings. The van der Waals surface area contributed by atoms with Crippen molar-refractivity contribution in [2.24, 2.45) is 5.92 Å². The molecular formula is C28H30N4O2S. The average molecular weight is 487 g/mol. The highest BCUT2D eigenvalue weighted by atomic mass is 32.2. The van der Waals surface area contributed by atoms with Crippen molar-refractivity contribution in [1.82, 2.24) is 19.9 Å². The second kappa shape index (κ2) is 11.8. The highest BCUT2D eigenvalue weighted by Gasteiger charge is 2.26. The molecule has 0 aliphatic heterocycles. The number of thioether (sulfide) groups is 1. The zero-order chi connectivity index (χ0) is 24.6. The normalized spacial score (nSPS) is 12.1. The molecule has 4 rings (SSSR count). The first kappa shape index (κ1) is 24.7. The number of aryl methyl sites for hydroxylation is 1. The van der Waals surface area contributed by atoms with Gasteiger partial charge in [-0.25, -0.2) is 4.98 Å². The van der Waals surface area contributed by atoms with Gasteiger partial charge in [0.2, 0.25) is 5.91 Å². The smallest absolute Gasteiger partial charge is 0.262 e. The molecule has 2 heterocycles. The van der Waals surface area contributed by atoms with Gasteiger partial charge in [-0.05, 0) is 48.1 Å². The van der Waals surface area contributed by atoms with Crippen LogP contribution in [-0.4, -0.2) is 25.7 Å². The molecule has 0 saturated carbocycles. The fourth-order valence-electron chi connectivity index (χ4n) is 3.92. The molecule has 1 atom stereocenters. The van der Waals surface area contributed by atoms with Crippen molar-refractivity contribution in [2.45, 2.75) is 50.2 Å². The average Bonchev–Trinajstić information content (AvgIpc) is 2.88. The number of hydrogen-bond donors (Lipinski definition) is 1. The van der Waals surface area contributed by atoms with E-state index in [-0.39, 0.29) is 22.6 Å². The van der Waals surface area contributed by atoms with Crippen LogP contribution in [0.2, 0.25) is 0 Å². The molecule has 0 radical (unpaired) electrons. The molecule has 1 N–H and O–H groups in total. The monoisotopic (exact) mass is 486 g/mol. The number of nitrogens with zero attached hydrogens (tertiary/aromatic N) is 3. The van der Waals surface area contributed by atoms with Crippen LogP contribution in [0.1, 0.15) is 31.4 Å². The summed E-state index contributed by atoms with van der Waals surface area (Å²) in [6.07, 6.45) is 5.12. The maximum atomic E-state index is 13.4. The van der Waals surface area contributed by atoms with Crippen molar-refractivity contribution in [3.05, 3.63) is 101 Å². The van der Waals surface area contributed by atoms with Crippen LogP contribution in [0.5, 0.6) is 0 Å². The van der Waals surface area contributed by atoms with E-state index >= 15 is 0 Å². The Morgan fingerprint density at radius 1 is 1.00 bits per heavy atom. The van der Waals surface area contributed by atoms with Crippen molar-refractivity contribution in [2.75, 3.05) is 0 Å². The van der Waals surface area contributed by atoms with Gasteiger partial charge < -0.3 is 5.32 Å². The van der Waals surface area contributed by atoms with E-state index in [2.05, 4.69) is 22.4 Å². The summed E-state index contributed by atoms with van der Waals surface area (Å²) in [5.74, 6) is -0.0258. The topological polar surface area (TPSA) is 76.9 Å². The maximum absolute atomic E-state index is 13.4. The van der Waals surface area contributed by atoms with Crippen molar-refractivity contribution in [3.63, 3.8) is 0 Å². The van der Waals surface area contributed by atoms with Gasteiger partial charge in [0, 0.05) is 25.5 Å². The van der Waals surface area contributed by atoms with Gasteiger partial charge >= 0.3 is 0 Å². The highest BCUT2D eigenvalue weighted by Crippen LogP contribution is 2.28. The SMILES string of the molecule is CC(C)C(Sc1nc2ccccc2c(=O)n1CCCc1ccccc1)C(=O)NCc1cccnc1. The molecule has 2 aromatic heterocycles. The third kappa shape index (κ3) is 6.36. The number of carbonyl (C=O) groups is 1. The Morgan fingerprint density at radius 2 is 1.74 bits per heavy atom. The minimum absolute atomic E-state index is 0.0510. The standard InChI is InChI=1S/C28H30N4O2S/c1-20(2)25(26(33)30-19-22-12-8-16-29-18-22)35-28-31-24-15-7-6-14-23(24)27(34)32(28)17-9-13-21-10-4-3-5-11-21/h3-8,10-12,14-16,18,20,25H,9,13,17,19H2,1-2H3,(H,30,33). The Morgan fingerprint density at radius 3 is 2.49 bits per heavy atom. The van der Waals surface area contributed by atoms with Gasteiger partial charge in [-0.15, -0.1) is 0 Å². The third-order valence-corrected chi connectivity index (χ3v) is 7.34. The van der Waals surface area contributed by atoms with Crippen molar-refractivity contribution < 1.29 is 4.79 Å². The summed E-state index contributed by atoms with van der Waals surface area (Å²) in [5.41, 5.74) is 2.76. The van der Waals surface area contributed by atoms with Gasteiger partial charge in [0.15, 0.2) is 5.16 Å². The number of nitrogens with one attached hydrogen (secondary N) is 1. The predicted octanol–water partition coefficient (Wildman–Crippen LogP) is 4.86. The fraction of sp³-hybridized carbons (Fsp3) is 0.286. The number of fused-ring (bicyclic) bond motifs is 1.